The smallest absolute Gasteiger partial charge is 0.251 e. The third-order valence-electron chi connectivity index (χ3n) is 5.44. The molecule has 0 spiro atoms. The molecule has 4 aromatic rings. The van der Waals surface area contributed by atoms with E-state index in [0.717, 1.165) is 27.5 Å². The first-order chi connectivity index (χ1) is 15.3. The molecule has 0 aliphatic carbocycles. The fraction of sp³-hybridized carbons (Fsp3) is 0.222. The highest BCUT2D eigenvalue weighted by Gasteiger charge is 2.15. The van der Waals surface area contributed by atoms with E-state index in [2.05, 4.69) is 49.3 Å². The van der Waals surface area contributed by atoms with Crippen molar-refractivity contribution in [1.29, 1.82) is 0 Å². The van der Waals surface area contributed by atoms with E-state index in [1.165, 1.54) is 15.8 Å². The number of carbonyl (C=O) groups excluding carboxylic acids is 1. The Kier molecular flexibility index (Phi) is 6.63. The van der Waals surface area contributed by atoms with Gasteiger partial charge in [-0.1, -0.05) is 74.8 Å². The maximum atomic E-state index is 12.6. The highest BCUT2D eigenvalue weighted by atomic mass is 35.5. The summed E-state index contributed by atoms with van der Waals surface area (Å²) in [6, 6.07) is 24.0. The summed E-state index contributed by atoms with van der Waals surface area (Å²) in [5, 5.41) is 4.95. The number of rotatable bonds is 6. The van der Waals surface area contributed by atoms with Gasteiger partial charge in [-0.05, 0) is 46.9 Å². The molecule has 32 heavy (non-hydrogen) atoms. The molecule has 0 aliphatic rings. The van der Waals surface area contributed by atoms with Crippen LogP contribution in [-0.2, 0) is 5.41 Å². The number of hydrogen-bond acceptors (Lipinski definition) is 2. The summed E-state index contributed by atoms with van der Waals surface area (Å²) in [7, 11) is 0. The second kappa shape index (κ2) is 9.43. The second-order valence-corrected chi connectivity index (χ2v) is 10.4. The van der Waals surface area contributed by atoms with Gasteiger partial charge in [-0.25, -0.2) is 0 Å². The lowest BCUT2D eigenvalue weighted by atomic mass is 9.87. The van der Waals surface area contributed by atoms with Crippen molar-refractivity contribution in [2.24, 2.45) is 0 Å². The van der Waals surface area contributed by atoms with Gasteiger partial charge in [0.1, 0.15) is 0 Å². The van der Waals surface area contributed by atoms with Gasteiger partial charge < -0.3 is 10.3 Å². The highest BCUT2D eigenvalue weighted by molar-refractivity contribution is 7.99. The molecule has 0 saturated heterocycles. The van der Waals surface area contributed by atoms with Gasteiger partial charge in [0.15, 0.2) is 0 Å². The minimum Gasteiger partial charge on any atom is -0.354 e. The van der Waals surface area contributed by atoms with Gasteiger partial charge in [0.2, 0.25) is 0 Å². The summed E-state index contributed by atoms with van der Waals surface area (Å²) in [4.78, 5) is 17.3. The van der Waals surface area contributed by atoms with E-state index in [1.807, 2.05) is 54.6 Å². The highest BCUT2D eigenvalue weighted by Crippen LogP contribution is 2.37. The number of nitrogens with one attached hydrogen (secondary N) is 2. The zero-order valence-corrected chi connectivity index (χ0v) is 20.1. The van der Waals surface area contributed by atoms with Gasteiger partial charge in [-0.15, -0.1) is 11.8 Å². The first kappa shape index (κ1) is 22.5. The van der Waals surface area contributed by atoms with E-state index in [4.69, 9.17) is 11.6 Å². The second-order valence-electron chi connectivity index (χ2n) is 8.81. The summed E-state index contributed by atoms with van der Waals surface area (Å²) in [5.74, 6) is 0.733. The molecule has 0 bridgehead atoms. The molecule has 5 heteroatoms. The van der Waals surface area contributed by atoms with Crippen LogP contribution in [0.25, 0.3) is 22.2 Å². The molecule has 4 rings (SSSR count). The van der Waals surface area contributed by atoms with Crippen LogP contribution in [0.5, 0.6) is 0 Å². The Balaban J connectivity index is 1.44. The molecule has 0 radical (unpaired) electrons. The van der Waals surface area contributed by atoms with Gasteiger partial charge in [-0.3, -0.25) is 4.79 Å². The number of aromatic nitrogens is 1. The molecule has 1 heterocycles. The number of hydrogen-bond donors (Lipinski definition) is 2. The predicted octanol–water partition coefficient (Wildman–Crippen LogP) is 7.31. The fourth-order valence-corrected chi connectivity index (χ4v) is 4.81. The van der Waals surface area contributed by atoms with Crippen LogP contribution in [0.15, 0.2) is 77.7 Å². The molecule has 3 nitrogen and oxygen atoms in total. The molecule has 1 amide bonds. The van der Waals surface area contributed by atoms with E-state index in [-0.39, 0.29) is 11.3 Å². The number of carbonyl (C=O) groups is 1. The number of aromatic amines is 1. The van der Waals surface area contributed by atoms with E-state index in [1.54, 1.807) is 11.8 Å². The van der Waals surface area contributed by atoms with Crippen molar-refractivity contribution in [3.05, 3.63) is 88.9 Å². The predicted molar refractivity (Wildman–Crippen MR) is 137 cm³/mol. The number of benzene rings is 3. The minimum atomic E-state index is -0.0390. The molecule has 0 atom stereocenters. The average Bonchev–Trinajstić information content (AvgIpc) is 3.15. The van der Waals surface area contributed by atoms with Crippen LogP contribution in [0.1, 0.15) is 36.7 Å². The summed E-state index contributed by atoms with van der Waals surface area (Å²) in [6.45, 7) is 7.09. The van der Waals surface area contributed by atoms with Crippen LogP contribution >= 0.6 is 23.4 Å². The molecule has 2 N–H and O–H groups in total. The van der Waals surface area contributed by atoms with Crippen molar-refractivity contribution in [3.8, 4) is 11.3 Å². The van der Waals surface area contributed by atoms with Crippen molar-refractivity contribution in [1.82, 2.24) is 10.3 Å². The molecule has 164 valence electrons. The number of fused-ring (bicyclic) bond motifs is 1. The molecule has 0 fully saturated rings. The number of para-hydroxylation sites is 1. The first-order valence-electron chi connectivity index (χ1n) is 10.7. The Labute approximate surface area is 198 Å². The van der Waals surface area contributed by atoms with E-state index < -0.39 is 0 Å². The largest absolute Gasteiger partial charge is 0.354 e. The van der Waals surface area contributed by atoms with Gasteiger partial charge >= 0.3 is 0 Å². The first-order valence-corrected chi connectivity index (χ1v) is 12.1. The zero-order valence-electron chi connectivity index (χ0n) is 18.5. The summed E-state index contributed by atoms with van der Waals surface area (Å²) in [6.07, 6.45) is 0. The molecule has 0 unspecified atom stereocenters. The maximum Gasteiger partial charge on any atom is 0.251 e. The Morgan fingerprint density at radius 1 is 0.969 bits per heavy atom. The van der Waals surface area contributed by atoms with Crippen molar-refractivity contribution >= 4 is 40.2 Å². The molecular weight excluding hydrogens is 436 g/mol. The molecule has 1 aromatic heterocycles. The molecule has 0 saturated carbocycles. The lowest BCUT2D eigenvalue weighted by Crippen LogP contribution is -2.25. The van der Waals surface area contributed by atoms with E-state index in [9.17, 15) is 4.79 Å². The number of thioether (sulfide) groups is 1. The van der Waals surface area contributed by atoms with Crippen molar-refractivity contribution in [2.75, 3.05) is 12.3 Å². The van der Waals surface area contributed by atoms with E-state index >= 15 is 0 Å². The van der Waals surface area contributed by atoms with Gasteiger partial charge in [0, 0.05) is 38.7 Å². The van der Waals surface area contributed by atoms with Crippen LogP contribution < -0.4 is 5.32 Å². The Hall–Kier alpha value is -2.69. The number of halogens is 1. The van der Waals surface area contributed by atoms with Crippen molar-refractivity contribution < 1.29 is 4.79 Å². The topological polar surface area (TPSA) is 44.9 Å². The number of amides is 1. The van der Waals surface area contributed by atoms with Crippen LogP contribution in [0.4, 0.5) is 0 Å². The lowest BCUT2D eigenvalue weighted by Gasteiger charge is -2.19. The molecule has 3 aromatic carbocycles. The number of H-pyrrole nitrogens is 1. The zero-order chi connectivity index (χ0) is 22.7. The van der Waals surface area contributed by atoms with Crippen molar-refractivity contribution in [2.45, 2.75) is 31.1 Å². The fourth-order valence-electron chi connectivity index (χ4n) is 3.63. The van der Waals surface area contributed by atoms with Crippen LogP contribution in [0.2, 0.25) is 5.02 Å². The minimum absolute atomic E-state index is 0.0390. The summed E-state index contributed by atoms with van der Waals surface area (Å²) in [5.41, 5.74) is 5.26. The summed E-state index contributed by atoms with van der Waals surface area (Å²) >= 11 is 7.82. The lowest BCUT2D eigenvalue weighted by molar-refractivity contribution is 0.0956. The molecule has 0 aliphatic heterocycles. The van der Waals surface area contributed by atoms with Crippen LogP contribution in [0.3, 0.4) is 0 Å². The van der Waals surface area contributed by atoms with Crippen LogP contribution in [-0.4, -0.2) is 23.2 Å². The quantitative estimate of drug-likeness (QED) is 0.233. The van der Waals surface area contributed by atoms with Crippen LogP contribution in [0, 0.1) is 0 Å². The maximum absolute atomic E-state index is 12.6. The average molecular weight is 463 g/mol. The van der Waals surface area contributed by atoms with Gasteiger partial charge in [0.05, 0.1) is 5.69 Å². The standard InChI is InChI=1S/C27H27ClN2OS/c1-27(2,3)20-12-8-19(9-13-20)26(31)29-16-17-32-25-22-6-4-5-7-23(22)30-24(25)18-10-14-21(28)15-11-18/h4-15,30H,16-17H2,1-3H3,(H,29,31). The Morgan fingerprint density at radius 2 is 1.66 bits per heavy atom. The van der Waals surface area contributed by atoms with Gasteiger partial charge in [0.25, 0.3) is 5.91 Å². The van der Waals surface area contributed by atoms with Crippen molar-refractivity contribution in [3.63, 3.8) is 0 Å². The summed E-state index contributed by atoms with van der Waals surface area (Å²) < 4.78 is 0. The third-order valence-corrected chi connectivity index (χ3v) is 6.81. The van der Waals surface area contributed by atoms with E-state index in [0.29, 0.717) is 12.1 Å². The Bertz CT molecular complexity index is 1220. The normalized spacial score (nSPS) is 11.6. The monoisotopic (exact) mass is 462 g/mol. The third kappa shape index (κ3) is 5.03. The SMILES string of the molecule is CC(C)(C)c1ccc(C(=O)NCCSc2c(-c3ccc(Cl)cc3)[nH]c3ccccc23)cc1. The molecular formula is C27H27ClN2OS. The Morgan fingerprint density at radius 3 is 2.34 bits per heavy atom. The van der Waals surface area contributed by atoms with Gasteiger partial charge in [-0.2, -0.15) is 0 Å².